The topological polar surface area (TPSA) is 84.5 Å². The number of rotatable bonds is 2. The maximum atomic E-state index is 11.9. The second-order valence-electron chi connectivity index (χ2n) is 3.84. The van der Waals surface area contributed by atoms with Gasteiger partial charge in [-0.2, -0.15) is 0 Å². The molecule has 2 amide bonds. The predicted molar refractivity (Wildman–Crippen MR) is 63.0 cm³/mol. The van der Waals surface area contributed by atoms with Crippen LogP contribution in [0.2, 0.25) is 0 Å². The van der Waals surface area contributed by atoms with Crippen LogP contribution < -0.4 is 10.6 Å². The fraction of sp³-hybridized carbons (Fsp3) is 0.250. The number of hydrogen-bond acceptors (Lipinski definition) is 4. The molecule has 0 fully saturated rings. The summed E-state index contributed by atoms with van der Waals surface area (Å²) < 4.78 is 4.48. The Hall–Kier alpha value is -2.37. The molecule has 0 aliphatic carbocycles. The lowest BCUT2D eigenvalue weighted by Gasteiger charge is -2.12. The summed E-state index contributed by atoms with van der Waals surface area (Å²) in [6.07, 6.45) is -0.192. The molecule has 0 bridgehead atoms. The predicted octanol–water partition coefficient (Wildman–Crippen LogP) is 0.300. The zero-order chi connectivity index (χ0) is 13.1. The van der Waals surface area contributed by atoms with Crippen LogP contribution in [0.4, 0.5) is 5.69 Å². The Labute approximate surface area is 103 Å². The van der Waals surface area contributed by atoms with Crippen LogP contribution in [0, 0.1) is 0 Å². The van der Waals surface area contributed by atoms with Crippen LogP contribution >= 0.6 is 0 Å². The van der Waals surface area contributed by atoms with E-state index in [0.29, 0.717) is 11.3 Å². The summed E-state index contributed by atoms with van der Waals surface area (Å²) in [6, 6.07) is 5.73. The largest absolute Gasteiger partial charge is 0.469 e. The van der Waals surface area contributed by atoms with Gasteiger partial charge in [0.15, 0.2) is 0 Å². The number of carbonyl (C=O) groups excluding carboxylic acids is 3. The molecule has 1 aliphatic heterocycles. The van der Waals surface area contributed by atoms with E-state index in [1.54, 1.807) is 24.3 Å². The van der Waals surface area contributed by atoms with Crippen molar-refractivity contribution in [3.63, 3.8) is 0 Å². The lowest BCUT2D eigenvalue weighted by atomic mass is 10.1. The summed E-state index contributed by atoms with van der Waals surface area (Å²) in [6.45, 7) is 0. The number of amides is 2. The van der Waals surface area contributed by atoms with E-state index in [-0.39, 0.29) is 6.42 Å². The lowest BCUT2D eigenvalue weighted by Crippen LogP contribution is -2.42. The Morgan fingerprint density at radius 1 is 1.33 bits per heavy atom. The average molecular weight is 248 g/mol. The Morgan fingerprint density at radius 2 is 2.06 bits per heavy atom. The van der Waals surface area contributed by atoms with Gasteiger partial charge < -0.3 is 15.4 Å². The number of methoxy groups -OCH3 is 1. The van der Waals surface area contributed by atoms with Gasteiger partial charge in [-0.1, -0.05) is 12.1 Å². The highest BCUT2D eigenvalue weighted by Crippen LogP contribution is 2.18. The standard InChI is InChI=1S/C12H12N2O4/c1-18-10(15)6-9-12(17)13-8-5-3-2-4-7(8)11(16)14-9/h2-5,9H,6H2,1H3,(H,13,17)(H,14,16). The number of ether oxygens (including phenoxy) is 1. The minimum absolute atomic E-state index is 0.192. The van der Waals surface area contributed by atoms with Gasteiger partial charge in [-0.05, 0) is 12.1 Å². The van der Waals surface area contributed by atoms with Crippen LogP contribution in [0.1, 0.15) is 16.8 Å². The highest BCUT2D eigenvalue weighted by Gasteiger charge is 2.29. The molecule has 1 unspecified atom stereocenters. The van der Waals surface area contributed by atoms with E-state index in [0.717, 1.165) is 0 Å². The third kappa shape index (κ3) is 2.32. The maximum Gasteiger partial charge on any atom is 0.308 e. The minimum atomic E-state index is -0.919. The van der Waals surface area contributed by atoms with Crippen molar-refractivity contribution in [1.29, 1.82) is 0 Å². The maximum absolute atomic E-state index is 11.9. The highest BCUT2D eigenvalue weighted by atomic mass is 16.5. The van der Waals surface area contributed by atoms with Crippen LogP contribution in [-0.4, -0.2) is 30.9 Å². The van der Waals surface area contributed by atoms with Crippen molar-refractivity contribution in [1.82, 2.24) is 5.32 Å². The first-order chi connectivity index (χ1) is 8.61. The molecule has 2 N–H and O–H groups in total. The normalized spacial score (nSPS) is 18.2. The van der Waals surface area contributed by atoms with Gasteiger partial charge in [0.25, 0.3) is 5.91 Å². The van der Waals surface area contributed by atoms with E-state index in [2.05, 4.69) is 15.4 Å². The number of carbonyl (C=O) groups is 3. The second-order valence-corrected chi connectivity index (χ2v) is 3.84. The molecular formula is C12H12N2O4. The molecule has 0 saturated heterocycles. The number of nitrogens with one attached hydrogen (secondary N) is 2. The fourth-order valence-corrected chi connectivity index (χ4v) is 1.71. The Morgan fingerprint density at radius 3 is 2.78 bits per heavy atom. The zero-order valence-corrected chi connectivity index (χ0v) is 9.73. The zero-order valence-electron chi connectivity index (χ0n) is 9.73. The summed E-state index contributed by atoms with van der Waals surface area (Å²) in [7, 11) is 1.23. The van der Waals surface area contributed by atoms with Crippen LogP contribution in [0.15, 0.2) is 24.3 Å². The van der Waals surface area contributed by atoms with Crippen LogP contribution in [-0.2, 0) is 14.3 Å². The molecule has 1 heterocycles. The number of fused-ring (bicyclic) bond motifs is 1. The molecule has 2 rings (SSSR count). The highest BCUT2D eigenvalue weighted by molar-refractivity contribution is 6.10. The molecule has 6 heteroatoms. The van der Waals surface area contributed by atoms with Gasteiger partial charge in [0.2, 0.25) is 5.91 Å². The summed E-state index contributed by atoms with van der Waals surface area (Å²) in [4.78, 5) is 34.9. The molecule has 0 spiro atoms. The van der Waals surface area contributed by atoms with Gasteiger partial charge in [0.05, 0.1) is 24.8 Å². The van der Waals surface area contributed by atoms with Crippen molar-refractivity contribution in [3.8, 4) is 0 Å². The molecular weight excluding hydrogens is 236 g/mol. The number of hydrogen-bond donors (Lipinski definition) is 2. The number of para-hydroxylation sites is 1. The van der Waals surface area contributed by atoms with Crippen LogP contribution in [0.25, 0.3) is 0 Å². The van der Waals surface area contributed by atoms with Crippen LogP contribution in [0.3, 0.4) is 0 Å². The third-order valence-electron chi connectivity index (χ3n) is 2.65. The fourth-order valence-electron chi connectivity index (χ4n) is 1.71. The van der Waals surface area contributed by atoms with Crippen LogP contribution in [0.5, 0.6) is 0 Å². The van der Waals surface area contributed by atoms with E-state index in [4.69, 9.17) is 0 Å². The molecule has 0 saturated carbocycles. The molecule has 0 radical (unpaired) electrons. The summed E-state index contributed by atoms with van der Waals surface area (Å²) >= 11 is 0. The van der Waals surface area contributed by atoms with E-state index in [9.17, 15) is 14.4 Å². The van der Waals surface area contributed by atoms with Gasteiger partial charge in [0.1, 0.15) is 6.04 Å². The molecule has 1 atom stereocenters. The van der Waals surface area contributed by atoms with Gasteiger partial charge in [0, 0.05) is 0 Å². The number of esters is 1. The molecule has 0 aromatic heterocycles. The van der Waals surface area contributed by atoms with E-state index < -0.39 is 23.8 Å². The van der Waals surface area contributed by atoms with Crippen molar-refractivity contribution in [2.75, 3.05) is 12.4 Å². The monoisotopic (exact) mass is 248 g/mol. The van der Waals surface area contributed by atoms with Gasteiger partial charge in [-0.15, -0.1) is 0 Å². The number of anilines is 1. The summed E-state index contributed by atoms with van der Waals surface area (Å²) in [5.41, 5.74) is 0.811. The van der Waals surface area contributed by atoms with Gasteiger partial charge in [-0.25, -0.2) is 0 Å². The van der Waals surface area contributed by atoms with Crippen molar-refractivity contribution in [2.45, 2.75) is 12.5 Å². The first-order valence-electron chi connectivity index (χ1n) is 5.39. The van der Waals surface area contributed by atoms with Crippen molar-refractivity contribution >= 4 is 23.5 Å². The van der Waals surface area contributed by atoms with E-state index in [1.807, 2.05) is 0 Å². The van der Waals surface area contributed by atoms with Gasteiger partial charge >= 0.3 is 5.97 Å². The molecule has 1 aromatic carbocycles. The van der Waals surface area contributed by atoms with Gasteiger partial charge in [-0.3, -0.25) is 14.4 Å². The second kappa shape index (κ2) is 4.87. The Kier molecular flexibility index (Phi) is 3.27. The number of benzene rings is 1. The third-order valence-corrected chi connectivity index (χ3v) is 2.65. The molecule has 94 valence electrons. The molecule has 1 aliphatic rings. The minimum Gasteiger partial charge on any atom is -0.469 e. The Bertz CT molecular complexity index is 513. The summed E-state index contributed by atoms with van der Waals surface area (Å²) in [5, 5.41) is 5.10. The molecule has 6 nitrogen and oxygen atoms in total. The Balaban J connectivity index is 2.25. The van der Waals surface area contributed by atoms with Crippen molar-refractivity contribution in [2.24, 2.45) is 0 Å². The van der Waals surface area contributed by atoms with E-state index in [1.165, 1.54) is 7.11 Å². The molecule has 1 aromatic rings. The molecule has 18 heavy (non-hydrogen) atoms. The van der Waals surface area contributed by atoms with Crippen molar-refractivity contribution < 1.29 is 19.1 Å². The first kappa shape index (κ1) is 12.1. The van der Waals surface area contributed by atoms with Crippen molar-refractivity contribution in [3.05, 3.63) is 29.8 Å². The average Bonchev–Trinajstić information content (AvgIpc) is 2.48. The SMILES string of the molecule is COC(=O)CC1NC(=O)c2ccccc2NC1=O. The summed E-state index contributed by atoms with van der Waals surface area (Å²) in [5.74, 6) is -1.38. The quantitative estimate of drug-likeness (QED) is 0.737. The van der Waals surface area contributed by atoms with E-state index >= 15 is 0 Å². The smallest absolute Gasteiger partial charge is 0.308 e. The lowest BCUT2D eigenvalue weighted by molar-refractivity contribution is -0.142. The first-order valence-corrected chi connectivity index (χ1v) is 5.39.